The summed E-state index contributed by atoms with van der Waals surface area (Å²) in [4.78, 5) is 36.8. The van der Waals surface area contributed by atoms with E-state index in [2.05, 4.69) is 36.1 Å². The third kappa shape index (κ3) is 6.10. The van der Waals surface area contributed by atoms with Gasteiger partial charge in [-0.1, -0.05) is 39.8 Å². The van der Waals surface area contributed by atoms with Gasteiger partial charge in [0.05, 0.1) is 17.0 Å². The summed E-state index contributed by atoms with van der Waals surface area (Å²) in [6.07, 6.45) is 0.822. The van der Waals surface area contributed by atoms with Crippen LogP contribution in [-0.4, -0.2) is 51.7 Å². The quantitative estimate of drug-likeness (QED) is 0.227. The molecule has 1 aromatic carbocycles. The van der Waals surface area contributed by atoms with Crippen molar-refractivity contribution in [3.63, 3.8) is 0 Å². The first kappa shape index (κ1) is 24.1. The number of fused-ring (bicyclic) bond motifs is 1. The summed E-state index contributed by atoms with van der Waals surface area (Å²) >= 11 is 7.52. The summed E-state index contributed by atoms with van der Waals surface area (Å²) in [5.41, 5.74) is 2.42. The lowest BCUT2D eigenvalue weighted by Crippen LogP contribution is -2.25. The fraction of sp³-hybridized carbons (Fsp3) is 0.273. The summed E-state index contributed by atoms with van der Waals surface area (Å²) < 4.78 is 3.31. The molecule has 0 radical (unpaired) electrons. The lowest BCUT2D eigenvalue weighted by Gasteiger charge is -2.13. The van der Waals surface area contributed by atoms with Crippen LogP contribution in [0.15, 0.2) is 55.5 Å². The zero-order valence-electron chi connectivity index (χ0n) is 18.1. The molecule has 0 bridgehead atoms. The molecule has 4 aromatic rings. The van der Waals surface area contributed by atoms with Crippen LogP contribution in [0.5, 0.6) is 0 Å². The average Bonchev–Trinajstić information content (AvgIpc) is 3.43. The van der Waals surface area contributed by atoms with E-state index in [4.69, 9.17) is 0 Å². The van der Waals surface area contributed by atoms with Crippen LogP contribution in [-0.2, 0) is 11.3 Å². The molecule has 4 rings (SSSR count). The van der Waals surface area contributed by atoms with Crippen molar-refractivity contribution in [3.8, 4) is 11.3 Å². The molecule has 0 spiro atoms. The molecule has 33 heavy (non-hydrogen) atoms. The maximum atomic E-state index is 13.0. The van der Waals surface area contributed by atoms with Gasteiger partial charge in [0.15, 0.2) is 10.3 Å². The second-order valence-corrected chi connectivity index (χ2v) is 11.2. The Kier molecular flexibility index (Phi) is 7.97. The van der Waals surface area contributed by atoms with Crippen molar-refractivity contribution < 1.29 is 4.79 Å². The molecule has 172 valence electrons. The summed E-state index contributed by atoms with van der Waals surface area (Å²) in [6.45, 7) is 1.42. The molecule has 7 nitrogen and oxygen atoms in total. The standard InChI is InChI=1S/C22H22BrN5O2S3/c1-27(2)8-4-9-28-20(30)19-16(7-10-31-19)25-22(28)33-13-18(29)26-21-24-17(12-32-21)14-5-3-6-15(23)11-14/h3,5-7,10-12H,4,8-9,13H2,1-2H3,(H,24,26,29). The molecular formula is C22H22BrN5O2S3. The van der Waals surface area contributed by atoms with Gasteiger partial charge in [-0.3, -0.25) is 14.2 Å². The Bertz CT molecular complexity index is 1330. The van der Waals surface area contributed by atoms with E-state index in [1.54, 1.807) is 4.57 Å². The highest BCUT2D eigenvalue weighted by Gasteiger charge is 2.15. The normalized spacial score (nSPS) is 11.4. The maximum absolute atomic E-state index is 13.0. The van der Waals surface area contributed by atoms with Crippen LogP contribution in [0.3, 0.4) is 0 Å². The van der Waals surface area contributed by atoms with Gasteiger partial charge in [-0.25, -0.2) is 9.97 Å². The zero-order valence-corrected chi connectivity index (χ0v) is 22.1. The van der Waals surface area contributed by atoms with Crippen molar-refractivity contribution in [2.24, 2.45) is 0 Å². The summed E-state index contributed by atoms with van der Waals surface area (Å²) in [7, 11) is 4.01. The zero-order chi connectivity index (χ0) is 23.4. The molecule has 0 unspecified atom stereocenters. The molecule has 0 saturated carbocycles. The minimum atomic E-state index is -0.186. The molecule has 0 aliphatic carbocycles. The Hall–Kier alpha value is -2.05. The van der Waals surface area contributed by atoms with Crippen LogP contribution in [0.25, 0.3) is 21.5 Å². The van der Waals surface area contributed by atoms with E-state index in [1.165, 1.54) is 34.4 Å². The number of halogens is 1. The molecule has 0 aliphatic heterocycles. The van der Waals surface area contributed by atoms with Gasteiger partial charge in [0.1, 0.15) is 4.70 Å². The van der Waals surface area contributed by atoms with Crippen LogP contribution in [0, 0.1) is 0 Å². The minimum absolute atomic E-state index is 0.0461. The predicted octanol–water partition coefficient (Wildman–Crippen LogP) is 5.03. The smallest absolute Gasteiger partial charge is 0.272 e. The van der Waals surface area contributed by atoms with Crippen molar-refractivity contribution in [2.45, 2.75) is 18.1 Å². The number of nitrogens with zero attached hydrogens (tertiary/aromatic N) is 4. The fourth-order valence-electron chi connectivity index (χ4n) is 3.17. The van der Waals surface area contributed by atoms with E-state index in [1.807, 2.05) is 55.2 Å². The number of carbonyl (C=O) groups is 1. The second kappa shape index (κ2) is 10.9. The highest BCUT2D eigenvalue weighted by atomic mass is 79.9. The molecule has 3 heterocycles. The van der Waals surface area contributed by atoms with E-state index < -0.39 is 0 Å². The highest BCUT2D eigenvalue weighted by molar-refractivity contribution is 9.10. The first-order valence-corrected chi connectivity index (χ1v) is 13.7. The third-order valence-electron chi connectivity index (χ3n) is 4.72. The molecule has 0 atom stereocenters. The molecule has 1 amide bonds. The van der Waals surface area contributed by atoms with E-state index in [-0.39, 0.29) is 17.2 Å². The van der Waals surface area contributed by atoms with Crippen LogP contribution < -0.4 is 10.9 Å². The number of hydrogen-bond donors (Lipinski definition) is 1. The van der Waals surface area contributed by atoms with Crippen LogP contribution >= 0.6 is 50.4 Å². The number of carbonyl (C=O) groups excluding carboxylic acids is 1. The summed E-state index contributed by atoms with van der Waals surface area (Å²) in [5.74, 6) is -0.0451. The number of aromatic nitrogens is 3. The number of rotatable bonds is 9. The Morgan fingerprint density at radius 2 is 2.09 bits per heavy atom. The number of anilines is 1. The predicted molar refractivity (Wildman–Crippen MR) is 142 cm³/mol. The second-order valence-electron chi connectivity index (χ2n) is 7.53. The fourth-order valence-corrected chi connectivity index (χ4v) is 5.91. The SMILES string of the molecule is CN(C)CCCn1c(SCC(=O)Nc2nc(-c3cccc(Br)c3)cs2)nc2ccsc2c1=O. The minimum Gasteiger partial charge on any atom is -0.309 e. The number of nitrogens with one attached hydrogen (secondary N) is 1. The molecule has 0 fully saturated rings. The van der Waals surface area contributed by atoms with Crippen molar-refractivity contribution >= 4 is 71.6 Å². The highest BCUT2D eigenvalue weighted by Crippen LogP contribution is 2.27. The topological polar surface area (TPSA) is 80.1 Å². The number of thiazole rings is 1. The molecule has 0 aliphatic rings. The Labute approximate surface area is 212 Å². The van der Waals surface area contributed by atoms with Crippen molar-refractivity contribution in [1.29, 1.82) is 0 Å². The van der Waals surface area contributed by atoms with E-state index >= 15 is 0 Å². The van der Waals surface area contributed by atoms with Gasteiger partial charge in [-0.2, -0.15) is 0 Å². The van der Waals surface area contributed by atoms with Gasteiger partial charge in [0.25, 0.3) is 5.56 Å². The Morgan fingerprint density at radius 1 is 1.24 bits per heavy atom. The Morgan fingerprint density at radius 3 is 2.88 bits per heavy atom. The molecule has 3 aromatic heterocycles. The first-order chi connectivity index (χ1) is 15.9. The lowest BCUT2D eigenvalue weighted by atomic mass is 10.2. The summed E-state index contributed by atoms with van der Waals surface area (Å²) in [6, 6.07) is 9.70. The largest absolute Gasteiger partial charge is 0.309 e. The molecular weight excluding hydrogens is 542 g/mol. The van der Waals surface area contributed by atoms with Crippen LogP contribution in [0.2, 0.25) is 0 Å². The average molecular weight is 565 g/mol. The van der Waals surface area contributed by atoms with Gasteiger partial charge in [0.2, 0.25) is 5.91 Å². The number of hydrogen-bond acceptors (Lipinski definition) is 8. The number of amides is 1. The van der Waals surface area contributed by atoms with Gasteiger partial charge < -0.3 is 10.2 Å². The molecule has 0 saturated heterocycles. The number of benzene rings is 1. The van der Waals surface area contributed by atoms with Crippen LogP contribution in [0.4, 0.5) is 5.13 Å². The van der Waals surface area contributed by atoms with Crippen molar-refractivity contribution in [3.05, 3.63) is 55.9 Å². The van der Waals surface area contributed by atoms with Crippen molar-refractivity contribution in [1.82, 2.24) is 19.4 Å². The lowest BCUT2D eigenvalue weighted by molar-refractivity contribution is -0.113. The molecule has 11 heteroatoms. The van der Waals surface area contributed by atoms with Gasteiger partial charge in [0, 0.05) is 22.0 Å². The monoisotopic (exact) mass is 563 g/mol. The van der Waals surface area contributed by atoms with E-state index in [0.29, 0.717) is 27.0 Å². The van der Waals surface area contributed by atoms with E-state index in [9.17, 15) is 9.59 Å². The third-order valence-corrected chi connectivity index (χ3v) is 7.84. The number of thioether (sulfide) groups is 1. The van der Waals surface area contributed by atoms with E-state index in [0.717, 1.165) is 28.7 Å². The van der Waals surface area contributed by atoms with Crippen LogP contribution in [0.1, 0.15) is 6.42 Å². The number of thiophene rings is 1. The molecule has 1 N–H and O–H groups in total. The maximum Gasteiger partial charge on any atom is 0.272 e. The van der Waals surface area contributed by atoms with Gasteiger partial charge >= 0.3 is 0 Å². The van der Waals surface area contributed by atoms with Crippen molar-refractivity contribution in [2.75, 3.05) is 31.7 Å². The Balaban J connectivity index is 1.44. The first-order valence-electron chi connectivity index (χ1n) is 10.2. The summed E-state index contributed by atoms with van der Waals surface area (Å²) in [5, 5.41) is 7.75. The van der Waals surface area contributed by atoms with Gasteiger partial charge in [-0.05, 0) is 50.6 Å². The van der Waals surface area contributed by atoms with Gasteiger partial charge in [-0.15, -0.1) is 22.7 Å².